The molecule has 0 aromatic heterocycles. The minimum atomic E-state index is -0.415. The molecule has 5 nitrogen and oxygen atoms in total. The van der Waals surface area contributed by atoms with Crippen LogP contribution in [0.5, 0.6) is 0 Å². The SMILES string of the molecule is COC(=O)C(C)C[C@@H]1COC(=O)N1. The van der Waals surface area contributed by atoms with Crippen molar-refractivity contribution in [3.8, 4) is 0 Å². The number of amides is 1. The molecule has 13 heavy (non-hydrogen) atoms. The quantitative estimate of drug-likeness (QED) is 0.645. The highest BCUT2D eigenvalue weighted by Gasteiger charge is 2.26. The standard InChI is InChI=1S/C8H13NO4/c1-5(7(10)12-2)3-6-4-13-8(11)9-6/h5-6H,3-4H2,1-2H3,(H,9,11)/t5?,6-/m1/s1. The summed E-state index contributed by atoms with van der Waals surface area (Å²) in [6.07, 6.45) is 0.139. The smallest absolute Gasteiger partial charge is 0.407 e. The lowest BCUT2D eigenvalue weighted by molar-refractivity contribution is -0.145. The van der Waals surface area contributed by atoms with E-state index in [9.17, 15) is 9.59 Å². The number of methoxy groups -OCH3 is 1. The summed E-state index contributed by atoms with van der Waals surface area (Å²) in [5.74, 6) is -0.474. The summed E-state index contributed by atoms with van der Waals surface area (Å²) in [4.78, 5) is 21.6. The van der Waals surface area contributed by atoms with E-state index in [4.69, 9.17) is 0 Å². The van der Waals surface area contributed by atoms with Crippen LogP contribution in [0.4, 0.5) is 4.79 Å². The van der Waals surface area contributed by atoms with Crippen molar-refractivity contribution in [1.82, 2.24) is 5.32 Å². The lowest BCUT2D eigenvalue weighted by atomic mass is 10.0. The molecule has 0 aromatic rings. The fourth-order valence-electron chi connectivity index (χ4n) is 1.28. The van der Waals surface area contributed by atoms with E-state index in [1.54, 1.807) is 6.92 Å². The Morgan fingerprint density at radius 1 is 1.85 bits per heavy atom. The number of alkyl carbamates (subject to hydrolysis) is 1. The summed E-state index contributed by atoms with van der Waals surface area (Å²) < 4.78 is 9.23. The highest BCUT2D eigenvalue weighted by Crippen LogP contribution is 2.11. The molecule has 74 valence electrons. The van der Waals surface area contributed by atoms with Crippen LogP contribution in [0.1, 0.15) is 13.3 Å². The largest absolute Gasteiger partial charge is 0.469 e. The number of cyclic esters (lactones) is 1. The van der Waals surface area contributed by atoms with Crippen molar-refractivity contribution in [2.45, 2.75) is 19.4 Å². The van der Waals surface area contributed by atoms with Crippen LogP contribution in [0.3, 0.4) is 0 Å². The van der Waals surface area contributed by atoms with E-state index >= 15 is 0 Å². The fraction of sp³-hybridized carbons (Fsp3) is 0.750. The van der Waals surface area contributed by atoms with Crippen molar-refractivity contribution < 1.29 is 19.1 Å². The number of hydrogen-bond donors (Lipinski definition) is 1. The zero-order chi connectivity index (χ0) is 9.84. The Kier molecular flexibility index (Phi) is 3.11. The molecule has 1 aliphatic rings. The fourth-order valence-corrected chi connectivity index (χ4v) is 1.28. The van der Waals surface area contributed by atoms with Crippen LogP contribution in [-0.2, 0) is 14.3 Å². The molecular formula is C8H13NO4. The van der Waals surface area contributed by atoms with Crippen LogP contribution >= 0.6 is 0 Å². The summed E-state index contributed by atoms with van der Waals surface area (Å²) in [7, 11) is 1.35. The molecule has 1 amide bonds. The van der Waals surface area contributed by atoms with E-state index < -0.39 is 6.09 Å². The first-order valence-corrected chi connectivity index (χ1v) is 4.14. The van der Waals surface area contributed by atoms with Crippen molar-refractivity contribution in [3.63, 3.8) is 0 Å². The van der Waals surface area contributed by atoms with Gasteiger partial charge in [0.05, 0.1) is 19.1 Å². The normalized spacial score (nSPS) is 23.2. The summed E-state index contributed by atoms with van der Waals surface area (Å²) >= 11 is 0. The third-order valence-corrected chi connectivity index (χ3v) is 1.98. The summed E-state index contributed by atoms with van der Waals surface area (Å²) in [5.41, 5.74) is 0. The van der Waals surface area contributed by atoms with E-state index in [0.29, 0.717) is 13.0 Å². The van der Waals surface area contributed by atoms with Gasteiger partial charge in [-0.1, -0.05) is 6.92 Å². The summed E-state index contributed by atoms with van der Waals surface area (Å²) in [6.45, 7) is 2.09. The van der Waals surface area contributed by atoms with Crippen molar-refractivity contribution in [2.75, 3.05) is 13.7 Å². The molecule has 0 aliphatic carbocycles. The first-order valence-electron chi connectivity index (χ1n) is 4.14. The average Bonchev–Trinajstić information content (AvgIpc) is 2.49. The number of nitrogens with one attached hydrogen (secondary N) is 1. The molecule has 0 saturated carbocycles. The molecule has 0 bridgehead atoms. The van der Waals surface area contributed by atoms with Gasteiger partial charge >= 0.3 is 12.1 Å². The zero-order valence-corrected chi connectivity index (χ0v) is 7.70. The number of ether oxygens (including phenoxy) is 2. The Morgan fingerprint density at radius 2 is 2.54 bits per heavy atom. The number of esters is 1. The molecular weight excluding hydrogens is 174 g/mol. The molecule has 0 radical (unpaired) electrons. The van der Waals surface area contributed by atoms with Gasteiger partial charge in [-0.15, -0.1) is 0 Å². The van der Waals surface area contributed by atoms with Crippen LogP contribution in [-0.4, -0.2) is 31.8 Å². The second-order valence-corrected chi connectivity index (χ2v) is 3.10. The number of rotatable bonds is 3. The Bertz CT molecular complexity index is 216. The van der Waals surface area contributed by atoms with Crippen LogP contribution in [0.15, 0.2) is 0 Å². The molecule has 1 N–H and O–H groups in total. The molecule has 1 heterocycles. The summed E-state index contributed by atoms with van der Waals surface area (Å²) in [5, 5.41) is 2.59. The van der Waals surface area contributed by atoms with Crippen LogP contribution < -0.4 is 5.32 Å². The molecule has 0 aromatic carbocycles. The van der Waals surface area contributed by atoms with Crippen molar-refractivity contribution in [3.05, 3.63) is 0 Å². The summed E-state index contributed by atoms with van der Waals surface area (Å²) in [6, 6.07) is -0.0680. The third kappa shape index (κ3) is 2.61. The highest BCUT2D eigenvalue weighted by atomic mass is 16.6. The number of carbonyl (C=O) groups excluding carboxylic acids is 2. The maximum absolute atomic E-state index is 11.0. The van der Waals surface area contributed by atoms with E-state index in [1.165, 1.54) is 7.11 Å². The van der Waals surface area contributed by atoms with Gasteiger partial charge in [-0.2, -0.15) is 0 Å². The predicted molar refractivity (Wildman–Crippen MR) is 44.1 cm³/mol. The second-order valence-electron chi connectivity index (χ2n) is 3.10. The van der Waals surface area contributed by atoms with Crippen LogP contribution in [0.2, 0.25) is 0 Å². The number of hydrogen-bond acceptors (Lipinski definition) is 4. The Morgan fingerprint density at radius 3 is 3.00 bits per heavy atom. The second kappa shape index (κ2) is 4.11. The van der Waals surface area contributed by atoms with Crippen molar-refractivity contribution >= 4 is 12.1 Å². The van der Waals surface area contributed by atoms with Gasteiger partial charge in [0.1, 0.15) is 6.61 Å². The van der Waals surface area contributed by atoms with Crippen molar-refractivity contribution in [1.29, 1.82) is 0 Å². The van der Waals surface area contributed by atoms with Crippen LogP contribution in [0, 0.1) is 5.92 Å². The zero-order valence-electron chi connectivity index (χ0n) is 7.70. The maximum atomic E-state index is 11.0. The minimum Gasteiger partial charge on any atom is -0.469 e. The van der Waals surface area contributed by atoms with Gasteiger partial charge in [0.2, 0.25) is 0 Å². The molecule has 5 heteroatoms. The van der Waals surface area contributed by atoms with Gasteiger partial charge in [-0.25, -0.2) is 4.79 Å². The van der Waals surface area contributed by atoms with Gasteiger partial charge in [0.25, 0.3) is 0 Å². The van der Waals surface area contributed by atoms with Crippen molar-refractivity contribution in [2.24, 2.45) is 5.92 Å². The van der Waals surface area contributed by atoms with Gasteiger partial charge in [-0.3, -0.25) is 4.79 Å². The van der Waals surface area contributed by atoms with Gasteiger partial charge in [-0.05, 0) is 6.42 Å². The third-order valence-electron chi connectivity index (χ3n) is 1.98. The van der Waals surface area contributed by atoms with E-state index in [1.807, 2.05) is 0 Å². The molecule has 0 spiro atoms. The monoisotopic (exact) mass is 187 g/mol. The van der Waals surface area contributed by atoms with Gasteiger partial charge < -0.3 is 14.8 Å². The minimum absolute atomic E-state index is 0.0680. The molecule has 1 unspecified atom stereocenters. The predicted octanol–water partition coefficient (Wildman–Crippen LogP) is 0.294. The lowest BCUT2D eigenvalue weighted by Gasteiger charge is -2.12. The van der Waals surface area contributed by atoms with Gasteiger partial charge in [0.15, 0.2) is 0 Å². The average molecular weight is 187 g/mol. The highest BCUT2D eigenvalue weighted by molar-refractivity contribution is 5.72. The molecule has 1 saturated heterocycles. The maximum Gasteiger partial charge on any atom is 0.407 e. The first-order chi connectivity index (χ1) is 6.13. The van der Waals surface area contributed by atoms with Gasteiger partial charge in [0, 0.05) is 0 Å². The Labute approximate surface area is 76.4 Å². The van der Waals surface area contributed by atoms with E-state index in [0.717, 1.165) is 0 Å². The Balaban J connectivity index is 2.32. The topological polar surface area (TPSA) is 64.6 Å². The molecule has 1 fully saturated rings. The van der Waals surface area contributed by atoms with E-state index in [-0.39, 0.29) is 17.9 Å². The van der Waals surface area contributed by atoms with E-state index in [2.05, 4.69) is 14.8 Å². The first kappa shape index (κ1) is 9.83. The molecule has 1 aliphatic heterocycles. The Hall–Kier alpha value is -1.26. The molecule has 2 atom stereocenters. The van der Waals surface area contributed by atoms with Crippen LogP contribution in [0.25, 0.3) is 0 Å². The molecule has 1 rings (SSSR count). The lowest BCUT2D eigenvalue weighted by Crippen LogP contribution is -2.30. The number of carbonyl (C=O) groups is 2.